The molecule has 0 spiro atoms. The molecule has 2 aromatic rings. The summed E-state index contributed by atoms with van der Waals surface area (Å²) in [5, 5.41) is 2.81. The van der Waals surface area contributed by atoms with Gasteiger partial charge in [0.15, 0.2) is 0 Å². The van der Waals surface area contributed by atoms with Crippen LogP contribution in [0.15, 0.2) is 47.4 Å². The van der Waals surface area contributed by atoms with Gasteiger partial charge in [-0.05, 0) is 69.0 Å². The minimum Gasteiger partial charge on any atom is -0.352 e. The van der Waals surface area contributed by atoms with Gasteiger partial charge >= 0.3 is 0 Å². The molecule has 0 bridgehead atoms. The molecule has 2 aliphatic rings. The molecule has 0 aromatic heterocycles. The number of hydrogen-bond acceptors (Lipinski definition) is 5. The monoisotopic (exact) mass is 483 g/mol. The van der Waals surface area contributed by atoms with Crippen LogP contribution < -0.4 is 10.0 Å². The smallest absolute Gasteiger partial charge is 0.261 e. The second-order valence-corrected chi connectivity index (χ2v) is 10.8. The van der Waals surface area contributed by atoms with Crippen molar-refractivity contribution in [3.05, 3.63) is 64.7 Å². The highest BCUT2D eigenvalue weighted by atomic mass is 32.2. The van der Waals surface area contributed by atoms with Gasteiger partial charge in [-0.15, -0.1) is 0 Å². The number of carbonyl (C=O) groups is 3. The number of hydrogen-bond donors (Lipinski definition) is 2. The Morgan fingerprint density at radius 1 is 1.00 bits per heavy atom. The van der Waals surface area contributed by atoms with Crippen molar-refractivity contribution in [1.29, 1.82) is 0 Å². The Balaban J connectivity index is 1.33. The predicted octanol–water partition coefficient (Wildman–Crippen LogP) is 2.88. The van der Waals surface area contributed by atoms with Gasteiger partial charge in [0.05, 0.1) is 16.0 Å². The van der Waals surface area contributed by atoms with Crippen LogP contribution in [0.4, 0.5) is 0 Å². The molecule has 180 valence electrons. The summed E-state index contributed by atoms with van der Waals surface area (Å²) in [6.07, 6.45) is 4.37. The third kappa shape index (κ3) is 4.90. The summed E-state index contributed by atoms with van der Waals surface area (Å²) in [6, 6.07) is 10.9. The Labute approximate surface area is 199 Å². The summed E-state index contributed by atoms with van der Waals surface area (Å²) in [5.74, 6) is -1.07. The zero-order valence-electron chi connectivity index (χ0n) is 19.3. The lowest BCUT2D eigenvalue weighted by Crippen LogP contribution is -2.35. The third-order valence-corrected chi connectivity index (χ3v) is 7.84. The van der Waals surface area contributed by atoms with Crippen LogP contribution in [0, 0.1) is 0 Å². The summed E-state index contributed by atoms with van der Waals surface area (Å²) < 4.78 is 27.8. The fourth-order valence-electron chi connectivity index (χ4n) is 4.46. The third-order valence-electron chi connectivity index (χ3n) is 6.31. The molecule has 0 radical (unpaired) electrons. The molecule has 1 aliphatic carbocycles. The van der Waals surface area contributed by atoms with Crippen molar-refractivity contribution in [3.63, 3.8) is 0 Å². The van der Waals surface area contributed by atoms with Crippen LogP contribution >= 0.6 is 0 Å². The average Bonchev–Trinajstić information content (AvgIpc) is 3.39. The number of sulfonamides is 1. The number of rotatable bonds is 8. The molecule has 34 heavy (non-hydrogen) atoms. The van der Waals surface area contributed by atoms with Crippen molar-refractivity contribution >= 4 is 27.7 Å². The topological polar surface area (TPSA) is 113 Å². The standard InChI is InChI=1S/C25H29N3O5S/c1-16(2)28-24(30)21-12-9-18(15-22(21)25(28)31)23(29)26-14-13-17-7-10-20(11-8-17)34(32,33)27-19-5-3-4-6-19/h7-12,15-16,19,27H,3-6,13-14H2,1-2H3,(H,26,29). The second kappa shape index (κ2) is 9.68. The first-order valence-corrected chi connectivity index (χ1v) is 13.1. The van der Waals surface area contributed by atoms with Crippen molar-refractivity contribution in [2.45, 2.75) is 62.9 Å². The molecule has 1 aliphatic heterocycles. The number of carbonyl (C=O) groups excluding carboxylic acids is 3. The van der Waals surface area contributed by atoms with Crippen LogP contribution in [0.3, 0.4) is 0 Å². The molecule has 0 atom stereocenters. The SMILES string of the molecule is CC(C)N1C(=O)c2ccc(C(=O)NCCc3ccc(S(=O)(=O)NC4CCCC4)cc3)cc2C1=O. The molecule has 0 saturated heterocycles. The van der Waals surface area contributed by atoms with Gasteiger partial charge in [0.2, 0.25) is 10.0 Å². The van der Waals surface area contributed by atoms with E-state index >= 15 is 0 Å². The normalized spacial score (nSPS) is 16.4. The zero-order chi connectivity index (χ0) is 24.5. The van der Waals surface area contributed by atoms with Crippen LogP contribution in [-0.2, 0) is 16.4 Å². The molecule has 1 saturated carbocycles. The van der Waals surface area contributed by atoms with E-state index in [4.69, 9.17) is 0 Å². The molecule has 8 nitrogen and oxygen atoms in total. The predicted molar refractivity (Wildman–Crippen MR) is 127 cm³/mol. The van der Waals surface area contributed by atoms with E-state index < -0.39 is 10.0 Å². The Hall–Kier alpha value is -3.04. The van der Waals surface area contributed by atoms with Gasteiger partial charge in [-0.1, -0.05) is 25.0 Å². The summed E-state index contributed by atoms with van der Waals surface area (Å²) in [5.41, 5.74) is 1.76. The van der Waals surface area contributed by atoms with E-state index in [0.29, 0.717) is 24.1 Å². The molecule has 3 amide bonds. The summed E-state index contributed by atoms with van der Waals surface area (Å²) in [6.45, 7) is 3.88. The highest BCUT2D eigenvalue weighted by molar-refractivity contribution is 7.89. The Bertz CT molecular complexity index is 1220. The van der Waals surface area contributed by atoms with Gasteiger partial charge in [-0.25, -0.2) is 13.1 Å². The first-order chi connectivity index (χ1) is 16.2. The van der Waals surface area contributed by atoms with E-state index in [1.165, 1.54) is 17.0 Å². The Morgan fingerprint density at radius 2 is 1.65 bits per heavy atom. The summed E-state index contributed by atoms with van der Waals surface area (Å²) in [4.78, 5) is 38.9. The van der Waals surface area contributed by atoms with E-state index in [9.17, 15) is 22.8 Å². The first-order valence-electron chi connectivity index (χ1n) is 11.6. The van der Waals surface area contributed by atoms with E-state index in [1.54, 1.807) is 44.2 Å². The number of nitrogens with zero attached hydrogens (tertiary/aromatic N) is 1. The van der Waals surface area contributed by atoms with Gasteiger partial charge in [0, 0.05) is 24.2 Å². The van der Waals surface area contributed by atoms with Crippen LogP contribution in [0.2, 0.25) is 0 Å². The maximum atomic E-state index is 12.6. The molecule has 1 fully saturated rings. The lowest BCUT2D eigenvalue weighted by Gasteiger charge is -2.17. The van der Waals surface area contributed by atoms with E-state index in [-0.39, 0.29) is 40.3 Å². The van der Waals surface area contributed by atoms with Gasteiger partial charge in [0.1, 0.15) is 0 Å². The summed E-state index contributed by atoms with van der Waals surface area (Å²) in [7, 11) is -3.53. The van der Waals surface area contributed by atoms with Gasteiger partial charge < -0.3 is 5.32 Å². The molecule has 4 rings (SSSR count). The van der Waals surface area contributed by atoms with E-state index in [2.05, 4.69) is 10.0 Å². The molecule has 0 unspecified atom stereocenters. The van der Waals surface area contributed by atoms with Crippen molar-refractivity contribution < 1.29 is 22.8 Å². The number of imide groups is 1. The van der Waals surface area contributed by atoms with Crippen molar-refractivity contribution in [2.75, 3.05) is 6.54 Å². The minimum absolute atomic E-state index is 0.0148. The largest absolute Gasteiger partial charge is 0.352 e. The van der Waals surface area contributed by atoms with Crippen LogP contribution in [0.1, 0.15) is 76.2 Å². The number of amides is 3. The molecule has 1 heterocycles. The Morgan fingerprint density at radius 3 is 2.29 bits per heavy atom. The van der Waals surface area contributed by atoms with Crippen LogP contribution in [-0.4, -0.2) is 49.7 Å². The molecule has 9 heteroatoms. The van der Waals surface area contributed by atoms with Crippen molar-refractivity contribution in [1.82, 2.24) is 14.9 Å². The maximum Gasteiger partial charge on any atom is 0.261 e. The average molecular weight is 484 g/mol. The molecule has 2 aromatic carbocycles. The van der Waals surface area contributed by atoms with Crippen molar-refractivity contribution in [3.8, 4) is 0 Å². The molecule has 2 N–H and O–H groups in total. The van der Waals surface area contributed by atoms with E-state index in [1.807, 2.05) is 0 Å². The quantitative estimate of drug-likeness (QED) is 0.561. The van der Waals surface area contributed by atoms with E-state index in [0.717, 1.165) is 31.2 Å². The van der Waals surface area contributed by atoms with Crippen LogP contribution in [0.5, 0.6) is 0 Å². The fraction of sp³-hybridized carbons (Fsp3) is 0.400. The van der Waals surface area contributed by atoms with Gasteiger partial charge in [-0.3, -0.25) is 19.3 Å². The number of benzene rings is 2. The highest BCUT2D eigenvalue weighted by Crippen LogP contribution is 2.26. The summed E-state index contributed by atoms with van der Waals surface area (Å²) >= 11 is 0. The highest BCUT2D eigenvalue weighted by Gasteiger charge is 2.37. The molecular formula is C25H29N3O5S. The fourth-order valence-corrected chi connectivity index (χ4v) is 5.76. The molecular weight excluding hydrogens is 454 g/mol. The lowest BCUT2D eigenvalue weighted by atomic mass is 10.1. The van der Waals surface area contributed by atoms with Crippen molar-refractivity contribution in [2.24, 2.45) is 0 Å². The number of fused-ring (bicyclic) bond motifs is 1. The first kappa shape index (κ1) is 24.1. The number of nitrogens with one attached hydrogen (secondary N) is 2. The van der Waals surface area contributed by atoms with Gasteiger partial charge in [0.25, 0.3) is 17.7 Å². The maximum absolute atomic E-state index is 12.6. The Kier molecular flexibility index (Phi) is 6.86. The lowest BCUT2D eigenvalue weighted by molar-refractivity contribution is 0.0609. The van der Waals surface area contributed by atoms with Gasteiger partial charge in [-0.2, -0.15) is 0 Å². The van der Waals surface area contributed by atoms with Crippen LogP contribution in [0.25, 0.3) is 0 Å². The minimum atomic E-state index is -3.53. The zero-order valence-corrected chi connectivity index (χ0v) is 20.2. The second-order valence-electron chi connectivity index (χ2n) is 9.09.